The summed E-state index contributed by atoms with van der Waals surface area (Å²) in [7, 11) is 1.89. The van der Waals surface area contributed by atoms with Crippen molar-refractivity contribution < 1.29 is 9.50 Å². The van der Waals surface area contributed by atoms with Crippen molar-refractivity contribution in [3.8, 4) is 11.3 Å². The van der Waals surface area contributed by atoms with Gasteiger partial charge in [-0.3, -0.25) is 0 Å². The third kappa shape index (κ3) is 1.97. The summed E-state index contributed by atoms with van der Waals surface area (Å²) in [5.41, 5.74) is 1.84. The van der Waals surface area contributed by atoms with Crippen molar-refractivity contribution in [1.82, 2.24) is 9.55 Å². The molecule has 2 rings (SSSR count). The summed E-state index contributed by atoms with van der Waals surface area (Å²) >= 11 is 0. The van der Waals surface area contributed by atoms with Gasteiger partial charge in [-0.2, -0.15) is 0 Å². The molecule has 1 heterocycles. The first-order chi connectivity index (χ1) is 7.72. The van der Waals surface area contributed by atoms with Crippen LogP contribution >= 0.6 is 0 Å². The third-order valence-electron chi connectivity index (χ3n) is 2.56. The first-order valence-electron chi connectivity index (χ1n) is 5.10. The van der Waals surface area contributed by atoms with Crippen molar-refractivity contribution in [3.05, 3.63) is 42.1 Å². The van der Waals surface area contributed by atoms with Crippen molar-refractivity contribution in [2.24, 2.45) is 7.05 Å². The monoisotopic (exact) mass is 220 g/mol. The summed E-state index contributed by atoms with van der Waals surface area (Å²) in [6.07, 6.45) is 2.26. The quantitative estimate of drug-likeness (QED) is 0.856. The topological polar surface area (TPSA) is 38.0 Å². The van der Waals surface area contributed by atoms with Crippen LogP contribution in [0, 0.1) is 5.82 Å². The first-order valence-corrected chi connectivity index (χ1v) is 5.10. The molecule has 4 heteroatoms. The van der Waals surface area contributed by atoms with Crippen LogP contribution in [0.3, 0.4) is 0 Å². The molecule has 0 amide bonds. The van der Waals surface area contributed by atoms with Crippen LogP contribution in [0.1, 0.15) is 5.82 Å². The average Bonchev–Trinajstić information content (AvgIpc) is 2.63. The Morgan fingerprint density at radius 2 is 2.00 bits per heavy atom. The molecule has 0 aliphatic carbocycles. The number of hydrogen-bond acceptors (Lipinski definition) is 2. The maximum atomic E-state index is 12.8. The van der Waals surface area contributed by atoms with Crippen LogP contribution in [-0.2, 0) is 13.5 Å². The first kappa shape index (κ1) is 10.8. The lowest BCUT2D eigenvalue weighted by Gasteiger charge is -2.05. The summed E-state index contributed by atoms with van der Waals surface area (Å²) in [6, 6.07) is 6.28. The molecule has 16 heavy (non-hydrogen) atoms. The number of rotatable bonds is 3. The molecular formula is C12H13FN2O. The lowest BCUT2D eigenvalue weighted by molar-refractivity contribution is 0.295. The maximum absolute atomic E-state index is 12.8. The van der Waals surface area contributed by atoms with Crippen LogP contribution in [0.25, 0.3) is 11.3 Å². The van der Waals surface area contributed by atoms with Crippen molar-refractivity contribution in [3.63, 3.8) is 0 Å². The van der Waals surface area contributed by atoms with Gasteiger partial charge in [-0.05, 0) is 29.8 Å². The third-order valence-corrected chi connectivity index (χ3v) is 2.56. The second-order valence-electron chi connectivity index (χ2n) is 3.60. The lowest BCUT2D eigenvalue weighted by atomic mass is 10.1. The molecule has 0 unspecified atom stereocenters. The van der Waals surface area contributed by atoms with Crippen LogP contribution in [0.5, 0.6) is 0 Å². The van der Waals surface area contributed by atoms with E-state index in [4.69, 9.17) is 5.11 Å². The zero-order chi connectivity index (χ0) is 11.5. The van der Waals surface area contributed by atoms with E-state index in [-0.39, 0.29) is 12.4 Å². The molecule has 84 valence electrons. The highest BCUT2D eigenvalue weighted by Gasteiger charge is 2.07. The Balaban J connectivity index is 2.37. The number of aliphatic hydroxyl groups excluding tert-OH is 1. The lowest BCUT2D eigenvalue weighted by Crippen LogP contribution is -2.02. The van der Waals surface area contributed by atoms with Crippen molar-refractivity contribution in [2.45, 2.75) is 6.42 Å². The molecule has 0 radical (unpaired) electrons. The van der Waals surface area contributed by atoms with Crippen molar-refractivity contribution in [1.29, 1.82) is 0 Å². The average molecular weight is 220 g/mol. The Morgan fingerprint density at radius 1 is 1.31 bits per heavy atom. The van der Waals surface area contributed by atoms with E-state index < -0.39 is 0 Å². The normalized spacial score (nSPS) is 10.7. The zero-order valence-electron chi connectivity index (χ0n) is 9.02. The fourth-order valence-corrected chi connectivity index (χ4v) is 1.67. The van der Waals surface area contributed by atoms with E-state index in [0.717, 1.165) is 17.1 Å². The molecule has 0 fully saturated rings. The van der Waals surface area contributed by atoms with Gasteiger partial charge in [-0.15, -0.1) is 0 Å². The molecule has 0 atom stereocenters. The van der Waals surface area contributed by atoms with E-state index in [1.807, 2.05) is 11.6 Å². The number of nitrogens with zero attached hydrogens (tertiary/aromatic N) is 2. The molecule has 0 aliphatic rings. The maximum Gasteiger partial charge on any atom is 0.123 e. The molecule has 0 spiro atoms. The van der Waals surface area contributed by atoms with Gasteiger partial charge >= 0.3 is 0 Å². The zero-order valence-corrected chi connectivity index (χ0v) is 9.02. The highest BCUT2D eigenvalue weighted by Crippen LogP contribution is 2.20. The summed E-state index contributed by atoms with van der Waals surface area (Å²) < 4.78 is 14.7. The van der Waals surface area contributed by atoms with E-state index in [2.05, 4.69) is 4.98 Å². The van der Waals surface area contributed by atoms with Gasteiger partial charge < -0.3 is 9.67 Å². The summed E-state index contributed by atoms with van der Waals surface area (Å²) in [5.74, 6) is 0.573. The van der Waals surface area contributed by atoms with E-state index in [0.29, 0.717) is 6.42 Å². The number of halogens is 1. The predicted octanol–water partition coefficient (Wildman–Crippen LogP) is 1.76. The van der Waals surface area contributed by atoms with E-state index in [1.54, 1.807) is 18.3 Å². The molecule has 0 aliphatic heterocycles. The molecule has 0 saturated heterocycles. The fraction of sp³-hybridized carbons (Fsp3) is 0.250. The van der Waals surface area contributed by atoms with Gasteiger partial charge in [-0.1, -0.05) is 0 Å². The van der Waals surface area contributed by atoms with Crippen LogP contribution in [-0.4, -0.2) is 21.3 Å². The second-order valence-corrected chi connectivity index (χ2v) is 3.60. The summed E-state index contributed by atoms with van der Waals surface area (Å²) in [5, 5.41) is 8.86. The number of aliphatic hydroxyl groups is 1. The van der Waals surface area contributed by atoms with Gasteiger partial charge in [0, 0.05) is 13.5 Å². The molecular weight excluding hydrogens is 207 g/mol. The molecule has 3 nitrogen and oxygen atoms in total. The van der Waals surface area contributed by atoms with Crippen molar-refractivity contribution >= 4 is 0 Å². The van der Waals surface area contributed by atoms with Gasteiger partial charge in [0.2, 0.25) is 0 Å². The molecule has 1 aromatic carbocycles. The Kier molecular flexibility index (Phi) is 3.01. The minimum atomic E-state index is -0.249. The van der Waals surface area contributed by atoms with Crippen LogP contribution in [0.4, 0.5) is 4.39 Å². The Labute approximate surface area is 93.2 Å². The molecule has 0 bridgehead atoms. The van der Waals surface area contributed by atoms with E-state index in [1.165, 1.54) is 12.1 Å². The van der Waals surface area contributed by atoms with Gasteiger partial charge in [0.1, 0.15) is 11.6 Å². The van der Waals surface area contributed by atoms with Crippen LogP contribution < -0.4 is 0 Å². The van der Waals surface area contributed by atoms with Gasteiger partial charge in [0.05, 0.1) is 18.5 Å². The largest absolute Gasteiger partial charge is 0.396 e. The summed E-state index contributed by atoms with van der Waals surface area (Å²) in [6.45, 7) is 0.0771. The number of aromatic nitrogens is 2. The molecule has 1 N–H and O–H groups in total. The van der Waals surface area contributed by atoms with E-state index >= 15 is 0 Å². The molecule has 0 saturated carbocycles. The fourth-order valence-electron chi connectivity index (χ4n) is 1.67. The number of imidazole rings is 1. The van der Waals surface area contributed by atoms with Gasteiger partial charge in [0.25, 0.3) is 0 Å². The smallest absolute Gasteiger partial charge is 0.123 e. The Morgan fingerprint density at radius 3 is 2.62 bits per heavy atom. The standard InChI is InChI=1S/C12H13FN2O/c1-15-11(8-14-12(15)6-7-16)9-2-4-10(13)5-3-9/h2-5,8,16H,6-7H2,1H3. The minimum Gasteiger partial charge on any atom is -0.396 e. The van der Waals surface area contributed by atoms with Gasteiger partial charge in [-0.25, -0.2) is 9.37 Å². The summed E-state index contributed by atoms with van der Waals surface area (Å²) in [4.78, 5) is 4.21. The molecule has 1 aromatic heterocycles. The highest BCUT2D eigenvalue weighted by atomic mass is 19.1. The van der Waals surface area contributed by atoms with Crippen LogP contribution in [0.15, 0.2) is 30.5 Å². The SMILES string of the molecule is Cn1c(-c2ccc(F)cc2)cnc1CCO. The van der Waals surface area contributed by atoms with Gasteiger partial charge in [0.15, 0.2) is 0 Å². The Bertz CT molecular complexity index is 476. The molecule has 2 aromatic rings. The van der Waals surface area contributed by atoms with Crippen LogP contribution in [0.2, 0.25) is 0 Å². The number of benzene rings is 1. The second kappa shape index (κ2) is 4.45. The Hall–Kier alpha value is -1.68. The van der Waals surface area contributed by atoms with Crippen molar-refractivity contribution in [2.75, 3.05) is 6.61 Å². The highest BCUT2D eigenvalue weighted by molar-refractivity contribution is 5.59. The van der Waals surface area contributed by atoms with E-state index in [9.17, 15) is 4.39 Å². The minimum absolute atomic E-state index is 0.0771. The predicted molar refractivity (Wildman–Crippen MR) is 59.4 cm³/mol. The number of hydrogen-bond donors (Lipinski definition) is 1.